The number of hydrogen-bond acceptors (Lipinski definition) is 4. The van der Waals surface area contributed by atoms with E-state index in [1.54, 1.807) is 11.3 Å². The van der Waals surface area contributed by atoms with Gasteiger partial charge in [-0.3, -0.25) is 4.79 Å². The fraction of sp³-hybridized carbons (Fsp3) is 0.375. The van der Waals surface area contributed by atoms with Gasteiger partial charge in [-0.1, -0.05) is 23.8 Å². The highest BCUT2D eigenvalue weighted by molar-refractivity contribution is 7.13. The zero-order valence-corrected chi connectivity index (χ0v) is 15.9. The van der Waals surface area contributed by atoms with Crippen LogP contribution in [0, 0.1) is 6.92 Å². The second-order valence-electron chi connectivity index (χ2n) is 5.96. The maximum absolute atomic E-state index is 11.9. The van der Waals surface area contributed by atoms with Crippen LogP contribution in [0.1, 0.15) is 25.1 Å². The number of benzene rings is 1. The van der Waals surface area contributed by atoms with Crippen molar-refractivity contribution in [3.63, 3.8) is 0 Å². The van der Waals surface area contributed by atoms with Crippen LogP contribution in [0.3, 0.4) is 0 Å². The van der Waals surface area contributed by atoms with Crippen molar-refractivity contribution in [3.8, 4) is 10.6 Å². The molecule has 128 valence electrons. The minimum Gasteiger partial charge on any atom is -0.354 e. The van der Waals surface area contributed by atoms with Crippen molar-refractivity contribution in [2.75, 3.05) is 6.54 Å². The Balaban J connectivity index is 0.00000242. The number of nitrogens with two attached hydrogens (primary N) is 1. The minimum absolute atomic E-state index is 0. The summed E-state index contributed by atoms with van der Waals surface area (Å²) in [7, 11) is 0. The molecular weight excluding hydrogens is 353 g/mol. The summed E-state index contributed by atoms with van der Waals surface area (Å²) in [5.74, 6) is -0.0467. The quantitative estimate of drug-likeness (QED) is 0.841. The number of thiazole rings is 1. The number of rotatable bonds is 5. The van der Waals surface area contributed by atoms with Gasteiger partial charge in [0.25, 0.3) is 0 Å². The number of halogens is 2. The van der Waals surface area contributed by atoms with Crippen LogP contribution in [0.25, 0.3) is 10.6 Å². The van der Waals surface area contributed by atoms with Crippen molar-refractivity contribution in [3.05, 3.63) is 40.9 Å². The van der Waals surface area contributed by atoms with Gasteiger partial charge in [0, 0.05) is 23.0 Å². The molecule has 1 amide bonds. The molecule has 1 heterocycles. The second-order valence-corrected chi connectivity index (χ2v) is 6.81. The number of carbonyl (C=O) groups is 1. The molecule has 7 heteroatoms. The standard InChI is InChI=1S/C16H21N3OS.2ClH/c1-11-5-4-6-12(7-11)15-19-13(9-21-15)8-14(20)18-10-16(2,3)17;;/h4-7,9H,8,10,17H2,1-3H3,(H,18,20);2*1H. The Kier molecular flexibility index (Phi) is 8.77. The Morgan fingerprint density at radius 1 is 1.35 bits per heavy atom. The topological polar surface area (TPSA) is 68.0 Å². The molecule has 2 aromatic rings. The predicted molar refractivity (Wildman–Crippen MR) is 102 cm³/mol. The Bertz CT molecular complexity index is 638. The van der Waals surface area contributed by atoms with Gasteiger partial charge in [-0.15, -0.1) is 36.2 Å². The normalized spacial score (nSPS) is 10.4. The molecule has 3 N–H and O–H groups in total. The molecule has 1 aromatic heterocycles. The molecule has 0 atom stereocenters. The third-order valence-electron chi connectivity index (χ3n) is 2.90. The van der Waals surface area contributed by atoms with Crippen LogP contribution in [0.15, 0.2) is 29.6 Å². The molecular formula is C16H23Cl2N3OS. The van der Waals surface area contributed by atoms with E-state index in [1.165, 1.54) is 5.56 Å². The van der Waals surface area contributed by atoms with Crippen molar-refractivity contribution >= 4 is 42.1 Å². The van der Waals surface area contributed by atoms with Gasteiger partial charge in [0.2, 0.25) is 5.91 Å². The van der Waals surface area contributed by atoms with E-state index in [4.69, 9.17) is 5.73 Å². The van der Waals surface area contributed by atoms with Crippen LogP contribution < -0.4 is 11.1 Å². The van der Waals surface area contributed by atoms with Crippen molar-refractivity contribution in [2.24, 2.45) is 5.73 Å². The first-order chi connectivity index (χ1) is 9.83. The maximum Gasteiger partial charge on any atom is 0.226 e. The fourth-order valence-electron chi connectivity index (χ4n) is 1.85. The minimum atomic E-state index is -0.398. The van der Waals surface area contributed by atoms with E-state index in [2.05, 4.69) is 29.4 Å². The van der Waals surface area contributed by atoms with Crippen molar-refractivity contribution in [2.45, 2.75) is 32.7 Å². The lowest BCUT2D eigenvalue weighted by atomic mass is 10.1. The number of aromatic nitrogens is 1. The Morgan fingerprint density at radius 2 is 2.04 bits per heavy atom. The molecule has 4 nitrogen and oxygen atoms in total. The van der Waals surface area contributed by atoms with Gasteiger partial charge in [0.15, 0.2) is 0 Å². The van der Waals surface area contributed by atoms with Crippen LogP contribution in [-0.4, -0.2) is 23.0 Å². The summed E-state index contributed by atoms with van der Waals surface area (Å²) < 4.78 is 0. The Hall–Kier alpha value is -1.14. The smallest absolute Gasteiger partial charge is 0.226 e. The lowest BCUT2D eigenvalue weighted by Gasteiger charge is -2.18. The largest absolute Gasteiger partial charge is 0.354 e. The third kappa shape index (κ3) is 7.31. The molecule has 0 bridgehead atoms. The first-order valence-electron chi connectivity index (χ1n) is 6.90. The van der Waals surface area contributed by atoms with E-state index >= 15 is 0 Å². The molecule has 0 fully saturated rings. The monoisotopic (exact) mass is 375 g/mol. The predicted octanol–water partition coefficient (Wildman–Crippen LogP) is 3.36. The first-order valence-corrected chi connectivity index (χ1v) is 7.78. The lowest BCUT2D eigenvalue weighted by molar-refractivity contribution is -0.120. The van der Waals surface area contributed by atoms with Gasteiger partial charge >= 0.3 is 0 Å². The summed E-state index contributed by atoms with van der Waals surface area (Å²) in [6.45, 7) is 6.28. The zero-order chi connectivity index (χ0) is 15.5. The van der Waals surface area contributed by atoms with Crippen molar-refractivity contribution in [1.82, 2.24) is 10.3 Å². The Morgan fingerprint density at radius 3 is 2.65 bits per heavy atom. The van der Waals surface area contributed by atoms with Crippen LogP contribution in [-0.2, 0) is 11.2 Å². The molecule has 2 rings (SSSR count). The average molecular weight is 376 g/mol. The summed E-state index contributed by atoms with van der Waals surface area (Å²) in [5.41, 5.74) is 8.53. The summed E-state index contributed by atoms with van der Waals surface area (Å²) in [6, 6.07) is 8.20. The molecule has 0 aliphatic carbocycles. The third-order valence-corrected chi connectivity index (χ3v) is 3.84. The van der Waals surface area contributed by atoms with E-state index in [0.717, 1.165) is 16.3 Å². The number of amides is 1. The van der Waals surface area contributed by atoms with E-state index in [1.807, 2.05) is 31.4 Å². The molecule has 0 unspecified atom stereocenters. The number of aryl methyl sites for hydroxylation is 1. The maximum atomic E-state index is 11.9. The van der Waals surface area contributed by atoms with E-state index in [9.17, 15) is 4.79 Å². The highest BCUT2D eigenvalue weighted by atomic mass is 35.5. The van der Waals surface area contributed by atoms with Gasteiger partial charge in [0.1, 0.15) is 5.01 Å². The second kappa shape index (κ2) is 9.23. The van der Waals surface area contributed by atoms with Gasteiger partial charge in [-0.25, -0.2) is 4.98 Å². The number of nitrogens with one attached hydrogen (secondary N) is 1. The summed E-state index contributed by atoms with van der Waals surface area (Å²) in [6.07, 6.45) is 0.290. The van der Waals surface area contributed by atoms with Crippen LogP contribution >= 0.6 is 36.2 Å². The van der Waals surface area contributed by atoms with Gasteiger partial charge in [-0.2, -0.15) is 0 Å². The summed E-state index contributed by atoms with van der Waals surface area (Å²) >= 11 is 1.56. The van der Waals surface area contributed by atoms with Crippen molar-refractivity contribution < 1.29 is 4.79 Å². The number of hydrogen-bond donors (Lipinski definition) is 2. The van der Waals surface area contributed by atoms with Crippen LogP contribution in [0.2, 0.25) is 0 Å². The van der Waals surface area contributed by atoms with Crippen LogP contribution in [0.5, 0.6) is 0 Å². The highest BCUT2D eigenvalue weighted by Gasteiger charge is 2.14. The van der Waals surface area contributed by atoms with E-state index in [-0.39, 0.29) is 30.7 Å². The molecule has 0 spiro atoms. The van der Waals surface area contributed by atoms with Gasteiger partial charge in [-0.05, 0) is 26.8 Å². The average Bonchev–Trinajstić information content (AvgIpc) is 2.84. The fourth-order valence-corrected chi connectivity index (χ4v) is 2.67. The molecule has 0 saturated heterocycles. The summed E-state index contributed by atoms with van der Waals surface area (Å²) in [4.78, 5) is 16.4. The highest BCUT2D eigenvalue weighted by Crippen LogP contribution is 2.24. The van der Waals surface area contributed by atoms with E-state index < -0.39 is 5.54 Å². The molecule has 0 radical (unpaired) electrons. The van der Waals surface area contributed by atoms with Gasteiger partial charge < -0.3 is 11.1 Å². The number of carbonyl (C=O) groups excluding carboxylic acids is 1. The SMILES string of the molecule is Cc1cccc(-c2nc(CC(=O)NCC(C)(C)N)cs2)c1.Cl.Cl. The molecule has 0 aliphatic rings. The molecule has 0 saturated carbocycles. The molecule has 23 heavy (non-hydrogen) atoms. The van der Waals surface area contributed by atoms with Crippen molar-refractivity contribution in [1.29, 1.82) is 0 Å². The van der Waals surface area contributed by atoms with Gasteiger partial charge in [0.05, 0.1) is 12.1 Å². The first kappa shape index (κ1) is 21.9. The lowest BCUT2D eigenvalue weighted by Crippen LogP contribution is -2.45. The molecule has 0 aliphatic heterocycles. The number of nitrogens with zero attached hydrogens (tertiary/aromatic N) is 1. The van der Waals surface area contributed by atoms with Crippen LogP contribution in [0.4, 0.5) is 0 Å². The molecule has 1 aromatic carbocycles. The zero-order valence-electron chi connectivity index (χ0n) is 13.5. The Labute approximate surface area is 153 Å². The van der Waals surface area contributed by atoms with E-state index in [0.29, 0.717) is 13.0 Å². The summed E-state index contributed by atoms with van der Waals surface area (Å²) in [5, 5.41) is 5.71.